The highest BCUT2D eigenvalue weighted by molar-refractivity contribution is 5.91. The van der Waals surface area contributed by atoms with Crippen molar-refractivity contribution in [2.24, 2.45) is 5.73 Å². The molecular formula is C19H26N4O5. The molecule has 3 amide bonds. The number of alkyl carbamates (subject to hydrolysis) is 1. The molecule has 0 radical (unpaired) electrons. The molecule has 0 saturated heterocycles. The molecule has 0 aliphatic carbocycles. The van der Waals surface area contributed by atoms with Crippen molar-refractivity contribution in [1.82, 2.24) is 10.6 Å². The highest BCUT2D eigenvalue weighted by atomic mass is 16.5. The summed E-state index contributed by atoms with van der Waals surface area (Å²) in [6.45, 7) is 1.33. The average Bonchev–Trinajstić information content (AvgIpc) is 2.67. The Kier molecular flexibility index (Phi) is 10.1. The molecule has 1 aromatic rings. The number of rotatable bonds is 11. The molecule has 0 aromatic heterocycles. The smallest absolute Gasteiger partial charge is 0.408 e. The number of carbonyl (C=O) groups excluding carboxylic acids is 3. The van der Waals surface area contributed by atoms with Crippen molar-refractivity contribution >= 4 is 17.9 Å². The average molecular weight is 390 g/mol. The predicted octanol–water partition coefficient (Wildman–Crippen LogP) is 0.716. The fourth-order valence-electron chi connectivity index (χ4n) is 2.40. The number of aliphatic hydroxyl groups excluding tert-OH is 1. The number of ether oxygens (including phenoxy) is 1. The van der Waals surface area contributed by atoms with Crippen LogP contribution in [0.5, 0.6) is 0 Å². The number of nitrogens with zero attached hydrogens (tertiary/aromatic N) is 1. The van der Waals surface area contributed by atoms with E-state index >= 15 is 0 Å². The molecule has 5 N–H and O–H groups in total. The Morgan fingerprint density at radius 1 is 1.21 bits per heavy atom. The second-order valence-corrected chi connectivity index (χ2v) is 6.29. The number of benzene rings is 1. The van der Waals surface area contributed by atoms with Gasteiger partial charge in [0, 0.05) is 6.42 Å². The second kappa shape index (κ2) is 12.3. The van der Waals surface area contributed by atoms with E-state index in [1.54, 1.807) is 24.3 Å². The molecule has 28 heavy (non-hydrogen) atoms. The minimum Gasteiger partial charge on any atom is -0.445 e. The quantitative estimate of drug-likeness (QED) is 0.408. The third-order valence-corrected chi connectivity index (χ3v) is 3.94. The van der Waals surface area contributed by atoms with Crippen LogP contribution in [0.3, 0.4) is 0 Å². The summed E-state index contributed by atoms with van der Waals surface area (Å²) in [5.74, 6) is -1.49. The van der Waals surface area contributed by atoms with E-state index in [1.165, 1.54) is 6.92 Å². The van der Waals surface area contributed by atoms with Gasteiger partial charge in [-0.15, -0.1) is 0 Å². The lowest BCUT2D eigenvalue weighted by molar-refractivity contribution is -0.130. The molecule has 0 bridgehead atoms. The first kappa shape index (κ1) is 22.9. The highest BCUT2D eigenvalue weighted by Gasteiger charge is 2.29. The van der Waals surface area contributed by atoms with Crippen LogP contribution >= 0.6 is 0 Å². The van der Waals surface area contributed by atoms with Crippen molar-refractivity contribution in [3.63, 3.8) is 0 Å². The number of carbonyl (C=O) groups is 3. The van der Waals surface area contributed by atoms with Crippen LogP contribution in [0.25, 0.3) is 0 Å². The zero-order valence-electron chi connectivity index (χ0n) is 15.8. The van der Waals surface area contributed by atoms with Crippen LogP contribution in [0.15, 0.2) is 30.3 Å². The number of nitriles is 1. The molecule has 0 unspecified atom stereocenters. The molecule has 0 fully saturated rings. The fourth-order valence-corrected chi connectivity index (χ4v) is 2.40. The lowest BCUT2D eigenvalue weighted by Gasteiger charge is -2.23. The van der Waals surface area contributed by atoms with Crippen LogP contribution in [0.2, 0.25) is 0 Å². The van der Waals surface area contributed by atoms with Gasteiger partial charge < -0.3 is 26.2 Å². The van der Waals surface area contributed by atoms with Crippen LogP contribution in [-0.2, 0) is 20.9 Å². The van der Waals surface area contributed by atoms with E-state index in [0.717, 1.165) is 5.56 Å². The van der Waals surface area contributed by atoms with Gasteiger partial charge in [0.2, 0.25) is 11.8 Å². The van der Waals surface area contributed by atoms with Gasteiger partial charge in [-0.1, -0.05) is 30.3 Å². The van der Waals surface area contributed by atoms with Gasteiger partial charge in [-0.25, -0.2) is 4.79 Å². The maximum Gasteiger partial charge on any atom is 0.408 e. The van der Waals surface area contributed by atoms with Gasteiger partial charge in [0.1, 0.15) is 18.7 Å². The van der Waals surface area contributed by atoms with E-state index in [2.05, 4.69) is 10.6 Å². The maximum absolute atomic E-state index is 12.4. The maximum atomic E-state index is 12.4. The van der Waals surface area contributed by atoms with Crippen molar-refractivity contribution in [3.8, 4) is 6.07 Å². The Labute approximate surface area is 163 Å². The van der Waals surface area contributed by atoms with E-state index in [-0.39, 0.29) is 13.0 Å². The number of amides is 3. The van der Waals surface area contributed by atoms with Gasteiger partial charge in [0.15, 0.2) is 0 Å². The van der Waals surface area contributed by atoms with Crippen LogP contribution in [-0.4, -0.2) is 41.2 Å². The number of hydrogen-bond acceptors (Lipinski definition) is 6. The van der Waals surface area contributed by atoms with Crippen LogP contribution in [0.4, 0.5) is 4.79 Å². The summed E-state index contributed by atoms with van der Waals surface area (Å²) in [6.07, 6.45) is -0.419. The van der Waals surface area contributed by atoms with E-state index in [9.17, 15) is 19.5 Å². The van der Waals surface area contributed by atoms with Gasteiger partial charge in [-0.3, -0.25) is 9.59 Å². The number of primary amides is 1. The molecule has 0 heterocycles. The molecule has 1 rings (SSSR count). The number of unbranched alkanes of at least 4 members (excludes halogenated alkanes) is 2. The van der Waals surface area contributed by atoms with Crippen molar-refractivity contribution in [1.29, 1.82) is 5.26 Å². The van der Waals surface area contributed by atoms with E-state index in [1.807, 2.05) is 12.1 Å². The number of hydrogen-bond donors (Lipinski definition) is 4. The molecule has 1 aromatic carbocycles. The molecule has 9 nitrogen and oxygen atoms in total. The number of nitrogens with one attached hydrogen (secondary N) is 2. The molecule has 152 valence electrons. The first-order chi connectivity index (χ1) is 13.3. The summed E-state index contributed by atoms with van der Waals surface area (Å²) in [4.78, 5) is 35.9. The minimum absolute atomic E-state index is 0.00360. The van der Waals surface area contributed by atoms with Crippen molar-refractivity contribution in [3.05, 3.63) is 35.9 Å². The van der Waals surface area contributed by atoms with Crippen LogP contribution in [0.1, 0.15) is 38.2 Å². The van der Waals surface area contributed by atoms with Gasteiger partial charge in [0.05, 0.1) is 12.2 Å². The van der Waals surface area contributed by atoms with Gasteiger partial charge >= 0.3 is 6.09 Å². The first-order valence-electron chi connectivity index (χ1n) is 8.97. The molecule has 0 spiro atoms. The van der Waals surface area contributed by atoms with Crippen molar-refractivity contribution in [2.75, 3.05) is 0 Å². The Balaban J connectivity index is 2.59. The van der Waals surface area contributed by atoms with E-state index in [0.29, 0.717) is 19.3 Å². The van der Waals surface area contributed by atoms with Gasteiger partial charge in [-0.05, 0) is 31.7 Å². The van der Waals surface area contributed by atoms with Crippen molar-refractivity contribution in [2.45, 2.75) is 57.4 Å². The Hall–Kier alpha value is -3.12. The minimum atomic E-state index is -1.32. The Morgan fingerprint density at radius 3 is 2.46 bits per heavy atom. The van der Waals surface area contributed by atoms with Crippen LogP contribution in [0, 0.1) is 11.3 Å². The number of nitrogens with two attached hydrogens (primary N) is 1. The molecule has 0 saturated carbocycles. The molecular weight excluding hydrogens is 364 g/mol. The summed E-state index contributed by atoms with van der Waals surface area (Å²) in [5, 5.41) is 23.1. The third-order valence-electron chi connectivity index (χ3n) is 3.94. The largest absolute Gasteiger partial charge is 0.445 e. The Morgan fingerprint density at radius 2 is 1.89 bits per heavy atom. The second-order valence-electron chi connectivity index (χ2n) is 6.29. The molecule has 3 atom stereocenters. The lowest BCUT2D eigenvalue weighted by Crippen LogP contribution is -2.56. The molecule has 0 aliphatic rings. The van der Waals surface area contributed by atoms with Gasteiger partial charge in [-0.2, -0.15) is 5.26 Å². The highest BCUT2D eigenvalue weighted by Crippen LogP contribution is 2.05. The van der Waals surface area contributed by atoms with E-state index in [4.69, 9.17) is 15.7 Å². The van der Waals surface area contributed by atoms with E-state index < -0.39 is 36.1 Å². The summed E-state index contributed by atoms with van der Waals surface area (Å²) in [5.41, 5.74) is 6.06. The molecule has 0 aliphatic heterocycles. The lowest BCUT2D eigenvalue weighted by atomic mass is 10.1. The standard InChI is InChI=1S/C19H26N4O5/c1-13(24)16(23-19(27)28-12-14-8-4-2-5-9-14)18(26)22-15(17(21)25)10-6-3-7-11-20/h2,4-5,8-9,13,15-16,24H,3,6-7,10,12H2,1H3,(H2,21,25)(H,22,26)(H,23,27)/t13-,15-,16+/m1/s1. The number of aliphatic hydroxyl groups is 1. The van der Waals surface area contributed by atoms with Crippen molar-refractivity contribution < 1.29 is 24.2 Å². The SMILES string of the molecule is C[C@@H](O)[C@H](NC(=O)OCc1ccccc1)C(=O)N[C@H](CCCCC#N)C(N)=O. The normalized spacial score (nSPS) is 13.5. The zero-order chi connectivity index (χ0) is 20.9. The topological polar surface area (TPSA) is 155 Å². The summed E-state index contributed by atoms with van der Waals surface area (Å²) < 4.78 is 5.04. The summed E-state index contributed by atoms with van der Waals surface area (Å²) in [6, 6.07) is 8.68. The first-order valence-corrected chi connectivity index (χ1v) is 8.97. The zero-order valence-corrected chi connectivity index (χ0v) is 15.8. The summed E-state index contributed by atoms with van der Waals surface area (Å²) >= 11 is 0. The molecule has 9 heteroatoms. The Bertz CT molecular complexity index is 687. The predicted molar refractivity (Wildman–Crippen MR) is 100 cm³/mol. The monoisotopic (exact) mass is 390 g/mol. The van der Waals surface area contributed by atoms with Gasteiger partial charge in [0.25, 0.3) is 0 Å². The summed E-state index contributed by atoms with van der Waals surface area (Å²) in [7, 11) is 0. The van der Waals surface area contributed by atoms with Crippen LogP contribution < -0.4 is 16.4 Å². The third kappa shape index (κ3) is 8.51. The fraction of sp³-hybridized carbons (Fsp3) is 0.474.